The van der Waals surface area contributed by atoms with Crippen LogP contribution in [-0.4, -0.2) is 21.8 Å². The van der Waals surface area contributed by atoms with Crippen molar-refractivity contribution in [3.63, 3.8) is 0 Å². The van der Waals surface area contributed by atoms with E-state index in [1.54, 1.807) is 0 Å². The molecule has 1 rings (SSSR count). The largest absolute Gasteiger partial charge is 1.00 e. The minimum absolute atomic E-state index is 0. The van der Waals surface area contributed by atoms with E-state index in [9.17, 15) is 51.8 Å². The van der Waals surface area contributed by atoms with Crippen molar-refractivity contribution in [1.29, 1.82) is 0 Å². The van der Waals surface area contributed by atoms with Gasteiger partial charge in [-0.3, -0.25) is 0 Å². The first-order valence-corrected chi connectivity index (χ1v) is 5.36. The third kappa shape index (κ3) is 95.0. The Bertz CT molecular complexity index is 357. The topological polar surface area (TPSA) is 0 Å². The van der Waals surface area contributed by atoms with Crippen molar-refractivity contribution in [1.82, 2.24) is 0 Å². The monoisotopic (exact) mass is 425 g/mol. The van der Waals surface area contributed by atoms with E-state index in [1.807, 2.05) is 24.3 Å². The fourth-order valence-electron chi connectivity index (χ4n) is 0.537. The van der Waals surface area contributed by atoms with Gasteiger partial charge in [0.05, 0.1) is 0 Å². The molecule has 1 aromatic rings. The summed E-state index contributed by atoms with van der Waals surface area (Å²) in [6, 6.07) is 7.44. The van der Waals surface area contributed by atoms with Crippen molar-refractivity contribution in [2.45, 2.75) is 0 Å². The molecule has 0 atom stereocenters. The van der Waals surface area contributed by atoms with Gasteiger partial charge in [0.15, 0.2) is 0 Å². The molecule has 0 heterocycles. The van der Waals surface area contributed by atoms with Crippen molar-refractivity contribution in [3.05, 3.63) is 41.8 Å². The molecule has 0 aliphatic heterocycles. The van der Waals surface area contributed by atoms with Crippen LogP contribution >= 0.6 is 11.6 Å². The second-order valence-electron chi connectivity index (χ2n) is 3.11. The van der Waals surface area contributed by atoms with E-state index in [2.05, 4.69) is 6.92 Å². The van der Waals surface area contributed by atoms with E-state index < -0.39 is 21.8 Å². The number of rotatable bonds is 0. The van der Waals surface area contributed by atoms with E-state index in [-0.39, 0.29) is 51.4 Å². The average Bonchev–Trinajstić information content (AvgIpc) is 2.07. The van der Waals surface area contributed by atoms with Gasteiger partial charge in [0.2, 0.25) is 0 Å². The number of halogens is 13. The summed E-state index contributed by atoms with van der Waals surface area (Å²) < 4.78 is 117. The van der Waals surface area contributed by atoms with Crippen LogP contribution in [0.3, 0.4) is 0 Å². The van der Waals surface area contributed by atoms with Gasteiger partial charge in [-0.1, -0.05) is 17.7 Å². The molecule has 0 N–H and O–H groups in total. The standard InChI is InChI=1S/C7H6Cl.3BF4.K/c1-6-3-2-4-7(8)5-6;3*2-1(3,4)5;/h2-5H,1H2;;;;/q4*-1;+1. The smallest absolute Gasteiger partial charge is 0.418 e. The molecule has 138 valence electrons. The molecule has 24 heavy (non-hydrogen) atoms. The first kappa shape index (κ1) is 32.1. The third-order valence-electron chi connectivity index (χ3n) is 0.889. The summed E-state index contributed by atoms with van der Waals surface area (Å²) in [5, 5.41) is 0.748. The molecule has 0 aliphatic carbocycles. The molecule has 1 aromatic carbocycles. The zero-order chi connectivity index (χ0) is 19.5. The normalized spacial score (nSPS) is 10.5. The summed E-state index contributed by atoms with van der Waals surface area (Å²) in [6.45, 7) is 3.70. The molecule has 0 bridgehead atoms. The number of benzene rings is 1. The second-order valence-corrected chi connectivity index (χ2v) is 3.55. The predicted octanol–water partition coefficient (Wildman–Crippen LogP) is 3.43. The van der Waals surface area contributed by atoms with Gasteiger partial charge in [-0.25, -0.2) is 0 Å². The maximum Gasteiger partial charge on any atom is 1.00 e. The van der Waals surface area contributed by atoms with Crippen LogP contribution in [0, 0.1) is 6.92 Å². The molecule has 0 nitrogen and oxygen atoms in total. The molecule has 17 heteroatoms. The summed E-state index contributed by atoms with van der Waals surface area (Å²) in [5.74, 6) is 0. The summed E-state index contributed by atoms with van der Waals surface area (Å²) in [5.41, 5.74) is 0.956. The SMILES string of the molecule is F[B-](F)(F)F.F[B-](F)(F)F.F[B-](F)(F)F.[CH2-]c1cccc(Cl)c1.[K+]. The van der Waals surface area contributed by atoms with E-state index >= 15 is 0 Å². The minimum Gasteiger partial charge on any atom is -0.418 e. The molecule has 0 saturated carbocycles. The Morgan fingerprint density at radius 1 is 0.667 bits per heavy atom. The number of hydrogen-bond donors (Lipinski definition) is 0. The van der Waals surface area contributed by atoms with Crippen LogP contribution < -0.4 is 51.4 Å². The van der Waals surface area contributed by atoms with E-state index in [4.69, 9.17) is 11.6 Å². The zero-order valence-corrected chi connectivity index (χ0v) is 15.5. The van der Waals surface area contributed by atoms with Crippen LogP contribution in [0.2, 0.25) is 5.02 Å². The summed E-state index contributed by atoms with van der Waals surface area (Å²) in [6.07, 6.45) is 0. The molecule has 0 aliphatic rings. The number of hydrogen-bond acceptors (Lipinski definition) is 0. The summed E-state index contributed by atoms with van der Waals surface area (Å²) >= 11 is 5.60. The Hall–Kier alpha value is 0.371. The van der Waals surface area contributed by atoms with Crippen LogP contribution in [0.5, 0.6) is 0 Å². The van der Waals surface area contributed by atoms with Crippen LogP contribution in [0.25, 0.3) is 0 Å². The van der Waals surface area contributed by atoms with Gasteiger partial charge in [0.25, 0.3) is 0 Å². The molecule has 0 spiro atoms. The van der Waals surface area contributed by atoms with Crippen molar-refractivity contribution < 1.29 is 103 Å². The fourth-order valence-corrected chi connectivity index (χ4v) is 0.750. The third-order valence-corrected chi connectivity index (χ3v) is 1.12. The Balaban J connectivity index is -0.000000113. The van der Waals surface area contributed by atoms with Crippen LogP contribution in [0.4, 0.5) is 51.8 Å². The van der Waals surface area contributed by atoms with Gasteiger partial charge >= 0.3 is 73.1 Å². The van der Waals surface area contributed by atoms with Crippen molar-refractivity contribution in [3.8, 4) is 0 Å². The van der Waals surface area contributed by atoms with Gasteiger partial charge in [0.1, 0.15) is 0 Å². The van der Waals surface area contributed by atoms with Gasteiger partial charge < -0.3 is 51.8 Å². The predicted molar refractivity (Wildman–Crippen MR) is 66.5 cm³/mol. The van der Waals surface area contributed by atoms with Gasteiger partial charge in [-0.05, 0) is 5.02 Å². The van der Waals surface area contributed by atoms with Crippen molar-refractivity contribution in [2.75, 3.05) is 0 Å². The quantitative estimate of drug-likeness (QED) is 0.340. The summed E-state index contributed by atoms with van der Waals surface area (Å²) in [7, 11) is -18.0. The van der Waals surface area contributed by atoms with Crippen LogP contribution in [0.1, 0.15) is 5.56 Å². The first-order chi connectivity index (χ1) is 9.79. The van der Waals surface area contributed by atoms with Crippen LogP contribution in [-0.2, 0) is 0 Å². The Labute approximate surface area is 177 Å². The molecular weight excluding hydrogens is 419 g/mol. The maximum atomic E-state index is 9.75. The van der Waals surface area contributed by atoms with Crippen LogP contribution in [0.15, 0.2) is 24.3 Å². The second kappa shape index (κ2) is 14.5. The molecule has 0 aromatic heterocycles. The average molecular weight is 425 g/mol. The first-order valence-electron chi connectivity index (χ1n) is 4.98. The Morgan fingerprint density at radius 2 is 0.917 bits per heavy atom. The molecular formula is C7H6B3ClF12K-3. The molecule has 0 saturated heterocycles. The maximum absolute atomic E-state index is 9.75. The Morgan fingerprint density at radius 3 is 1.04 bits per heavy atom. The van der Waals surface area contributed by atoms with Crippen molar-refractivity contribution >= 4 is 33.4 Å². The molecule has 0 radical (unpaired) electrons. The molecule has 0 amide bonds. The van der Waals surface area contributed by atoms with E-state index in [0.29, 0.717) is 0 Å². The van der Waals surface area contributed by atoms with E-state index in [1.165, 1.54) is 0 Å². The fraction of sp³-hybridized carbons (Fsp3) is 0. The van der Waals surface area contributed by atoms with Gasteiger partial charge in [0, 0.05) is 0 Å². The molecule has 0 unspecified atom stereocenters. The van der Waals surface area contributed by atoms with Gasteiger partial charge in [-0.2, -0.15) is 18.6 Å². The van der Waals surface area contributed by atoms with Crippen molar-refractivity contribution in [2.24, 2.45) is 0 Å². The molecule has 0 fully saturated rings. The zero-order valence-electron chi connectivity index (χ0n) is 11.7. The van der Waals surface area contributed by atoms with E-state index in [0.717, 1.165) is 10.6 Å². The Kier molecular flexibility index (Phi) is 19.4. The van der Waals surface area contributed by atoms with Gasteiger partial charge in [-0.15, -0.1) is 12.1 Å². The minimum atomic E-state index is -6.00. The summed E-state index contributed by atoms with van der Waals surface area (Å²) in [4.78, 5) is 0.